The van der Waals surface area contributed by atoms with Gasteiger partial charge in [0.2, 0.25) is 0 Å². The minimum absolute atomic E-state index is 1.10. The summed E-state index contributed by atoms with van der Waals surface area (Å²) < 4.78 is 0. The van der Waals surface area contributed by atoms with Gasteiger partial charge in [-0.1, -0.05) is 19.1 Å². The summed E-state index contributed by atoms with van der Waals surface area (Å²) >= 11 is 1.82. The van der Waals surface area contributed by atoms with Crippen molar-refractivity contribution in [3.8, 4) is 0 Å². The van der Waals surface area contributed by atoms with Crippen molar-refractivity contribution in [2.75, 3.05) is 0 Å². The average molecular weight is 206 g/mol. The topological polar surface area (TPSA) is 0 Å². The molecule has 0 atom stereocenters. The first kappa shape index (κ1) is 11.3. The molecule has 0 bridgehead atoms. The molecule has 1 heteroatoms. The molecule has 0 aliphatic rings. The molecule has 1 heterocycles. The van der Waals surface area contributed by atoms with Gasteiger partial charge >= 0.3 is 0 Å². The van der Waals surface area contributed by atoms with Crippen molar-refractivity contribution in [1.29, 1.82) is 0 Å². The predicted octanol–water partition coefficient (Wildman–Crippen LogP) is 4.68. The van der Waals surface area contributed by atoms with Crippen molar-refractivity contribution in [3.05, 3.63) is 39.6 Å². The molecule has 0 amide bonds. The fraction of sp³-hybridized carbons (Fsp3) is 0.385. The van der Waals surface area contributed by atoms with Crippen LogP contribution in [-0.2, 0) is 6.42 Å². The zero-order valence-electron chi connectivity index (χ0n) is 9.48. The highest BCUT2D eigenvalue weighted by molar-refractivity contribution is 7.11. The Kier molecular flexibility index (Phi) is 3.70. The van der Waals surface area contributed by atoms with Crippen molar-refractivity contribution in [1.82, 2.24) is 0 Å². The van der Waals surface area contributed by atoms with Crippen molar-refractivity contribution in [2.24, 2.45) is 0 Å². The monoisotopic (exact) mass is 206 g/mol. The number of hydrogen-bond acceptors (Lipinski definition) is 1. The Morgan fingerprint density at radius 3 is 2.43 bits per heavy atom. The molecule has 1 aromatic heterocycles. The van der Waals surface area contributed by atoms with Gasteiger partial charge < -0.3 is 0 Å². The fourth-order valence-corrected chi connectivity index (χ4v) is 2.91. The molecule has 1 aromatic rings. The summed E-state index contributed by atoms with van der Waals surface area (Å²) in [4.78, 5) is 1.40. The largest absolute Gasteiger partial charge is 0.144 e. The first-order chi connectivity index (χ1) is 6.57. The van der Waals surface area contributed by atoms with E-state index in [1.54, 1.807) is 0 Å². The zero-order chi connectivity index (χ0) is 10.7. The lowest BCUT2D eigenvalue weighted by molar-refractivity contribution is 1.14. The molecular weight excluding hydrogens is 188 g/mol. The number of hydrogen-bond donors (Lipinski definition) is 0. The van der Waals surface area contributed by atoms with Gasteiger partial charge in [0.25, 0.3) is 0 Å². The van der Waals surface area contributed by atoms with E-state index in [1.807, 2.05) is 11.3 Å². The van der Waals surface area contributed by atoms with Crippen molar-refractivity contribution in [3.63, 3.8) is 0 Å². The quantitative estimate of drug-likeness (QED) is 0.630. The Hall–Kier alpha value is -0.820. The molecule has 0 aliphatic carbocycles. The summed E-state index contributed by atoms with van der Waals surface area (Å²) in [6, 6.07) is 2.21. The molecular formula is C13H18S. The Balaban J connectivity index is 3.26. The minimum Gasteiger partial charge on any atom is -0.144 e. The highest BCUT2D eigenvalue weighted by Gasteiger charge is 2.10. The third-order valence-electron chi connectivity index (χ3n) is 2.28. The van der Waals surface area contributed by atoms with Crippen LogP contribution in [0.1, 0.15) is 38.1 Å². The summed E-state index contributed by atoms with van der Waals surface area (Å²) in [6.45, 7) is 12.7. The van der Waals surface area contributed by atoms with Crippen molar-refractivity contribution >= 4 is 16.9 Å². The molecule has 0 saturated heterocycles. The molecule has 0 aromatic carbocycles. The summed E-state index contributed by atoms with van der Waals surface area (Å²) in [7, 11) is 0. The first-order valence-corrected chi connectivity index (χ1v) is 5.86. The molecule has 0 saturated carbocycles. The highest BCUT2D eigenvalue weighted by Crippen LogP contribution is 2.32. The highest BCUT2D eigenvalue weighted by atomic mass is 32.1. The Labute approximate surface area is 91.0 Å². The summed E-state index contributed by atoms with van der Waals surface area (Å²) in [5, 5.41) is 2.17. The van der Waals surface area contributed by atoms with Crippen LogP contribution in [0, 0.1) is 0 Å². The lowest BCUT2D eigenvalue weighted by atomic mass is 9.99. The molecule has 14 heavy (non-hydrogen) atoms. The number of aryl methyl sites for hydroxylation is 1. The van der Waals surface area contributed by atoms with Gasteiger partial charge in [-0.25, -0.2) is 0 Å². The van der Waals surface area contributed by atoms with Crippen LogP contribution in [0.4, 0.5) is 0 Å². The first-order valence-electron chi connectivity index (χ1n) is 4.98. The van der Waals surface area contributed by atoms with E-state index in [2.05, 4.69) is 45.7 Å². The summed E-state index contributed by atoms with van der Waals surface area (Å²) in [5.41, 5.74) is 5.31. The maximum atomic E-state index is 4.06. The Morgan fingerprint density at radius 1 is 1.36 bits per heavy atom. The van der Waals surface area contributed by atoms with Crippen LogP contribution in [0.25, 0.3) is 5.57 Å². The maximum Gasteiger partial charge on any atom is 0.0376 e. The van der Waals surface area contributed by atoms with Gasteiger partial charge in [-0.3, -0.25) is 0 Å². The Bertz CT molecular complexity index is 362. The summed E-state index contributed by atoms with van der Waals surface area (Å²) in [5.74, 6) is 0. The second-order valence-corrected chi connectivity index (χ2v) is 4.70. The SMILES string of the molecule is C=C(C)C(=C(C)C)c1sccc1CC. The number of rotatable bonds is 3. The van der Waals surface area contributed by atoms with Gasteiger partial charge in [-0.15, -0.1) is 11.3 Å². The van der Waals surface area contributed by atoms with Crippen LogP contribution < -0.4 is 0 Å². The third kappa shape index (κ3) is 2.16. The van der Waals surface area contributed by atoms with Crippen molar-refractivity contribution < 1.29 is 0 Å². The molecule has 0 nitrogen and oxygen atoms in total. The van der Waals surface area contributed by atoms with Crippen LogP contribution in [0.2, 0.25) is 0 Å². The lowest BCUT2D eigenvalue weighted by Gasteiger charge is -2.09. The third-order valence-corrected chi connectivity index (χ3v) is 3.26. The van der Waals surface area contributed by atoms with Crippen LogP contribution in [0.5, 0.6) is 0 Å². The van der Waals surface area contributed by atoms with Crippen molar-refractivity contribution in [2.45, 2.75) is 34.1 Å². The van der Waals surface area contributed by atoms with Crippen LogP contribution in [-0.4, -0.2) is 0 Å². The van der Waals surface area contributed by atoms with E-state index in [0.717, 1.165) is 6.42 Å². The van der Waals surface area contributed by atoms with E-state index >= 15 is 0 Å². The molecule has 0 aliphatic heterocycles. The molecule has 76 valence electrons. The van der Waals surface area contributed by atoms with E-state index in [1.165, 1.54) is 27.2 Å². The molecule has 0 spiro atoms. The molecule has 0 radical (unpaired) electrons. The predicted molar refractivity (Wildman–Crippen MR) is 66.8 cm³/mol. The molecule has 1 rings (SSSR count). The number of allylic oxidation sites excluding steroid dienone is 3. The molecule has 0 unspecified atom stereocenters. The second kappa shape index (κ2) is 4.61. The van der Waals surface area contributed by atoms with Gasteiger partial charge in [0.15, 0.2) is 0 Å². The van der Waals surface area contributed by atoms with Gasteiger partial charge in [-0.2, -0.15) is 0 Å². The Morgan fingerprint density at radius 2 is 2.00 bits per heavy atom. The molecule has 0 fully saturated rings. The average Bonchev–Trinajstić information content (AvgIpc) is 2.51. The van der Waals surface area contributed by atoms with Crippen LogP contribution >= 0.6 is 11.3 Å². The van der Waals surface area contributed by atoms with E-state index < -0.39 is 0 Å². The van der Waals surface area contributed by atoms with E-state index in [-0.39, 0.29) is 0 Å². The fourth-order valence-electron chi connectivity index (χ4n) is 1.68. The van der Waals surface area contributed by atoms with Gasteiger partial charge in [0, 0.05) is 4.88 Å². The minimum atomic E-state index is 1.10. The standard InChI is InChI=1S/C13H18S/c1-6-11-7-8-14-13(11)12(9(2)3)10(4)5/h7-8H,2,6H2,1,3-5H3. The van der Waals surface area contributed by atoms with Gasteiger partial charge in [-0.05, 0) is 55.3 Å². The zero-order valence-corrected chi connectivity index (χ0v) is 10.3. The van der Waals surface area contributed by atoms with Crippen LogP contribution in [0.15, 0.2) is 29.2 Å². The maximum absolute atomic E-state index is 4.06. The van der Waals surface area contributed by atoms with Gasteiger partial charge in [0.1, 0.15) is 0 Å². The smallest absolute Gasteiger partial charge is 0.0376 e. The number of thiophene rings is 1. The summed E-state index contributed by atoms with van der Waals surface area (Å²) in [6.07, 6.45) is 1.10. The second-order valence-electron chi connectivity index (χ2n) is 3.78. The molecule has 0 N–H and O–H groups in total. The van der Waals surface area contributed by atoms with E-state index in [0.29, 0.717) is 0 Å². The van der Waals surface area contributed by atoms with Crippen LogP contribution in [0.3, 0.4) is 0 Å². The van der Waals surface area contributed by atoms with E-state index in [9.17, 15) is 0 Å². The normalized spacial score (nSPS) is 10.0. The van der Waals surface area contributed by atoms with E-state index in [4.69, 9.17) is 0 Å². The lowest BCUT2D eigenvalue weighted by Crippen LogP contribution is -1.89. The van der Waals surface area contributed by atoms with Gasteiger partial charge in [0.05, 0.1) is 0 Å².